The topological polar surface area (TPSA) is 8.17 Å². The molecule has 3 heteroatoms. The number of benzene rings is 2. The van der Waals surface area contributed by atoms with Crippen molar-refractivity contribution in [1.82, 2.24) is 9.47 Å². The molecule has 0 aliphatic carbocycles. The molecule has 2 nitrogen and oxygen atoms in total. The number of para-hydroxylation sites is 1. The average molecular weight is 365 g/mol. The van der Waals surface area contributed by atoms with E-state index in [1.807, 2.05) is 0 Å². The van der Waals surface area contributed by atoms with Gasteiger partial charge >= 0.3 is 0 Å². The lowest BCUT2D eigenvalue weighted by Crippen LogP contribution is -2.25. The van der Waals surface area contributed by atoms with E-state index < -0.39 is 0 Å². The standard InChI is InChI=1S/C23H24N2.ClH/c1-3-14-25-22-11-7-6-10-20(22)21-13-16-24(2)15-12-18-8-4-5-9-19(18)17-23(21)25;/h1,4-11H,12-17H2,2H3;1H. The fourth-order valence-electron chi connectivity index (χ4n) is 4.06. The summed E-state index contributed by atoms with van der Waals surface area (Å²) in [6.07, 6.45) is 8.86. The van der Waals surface area contributed by atoms with Crippen LogP contribution in [0, 0.1) is 12.3 Å². The first-order valence-electron chi connectivity index (χ1n) is 9.05. The lowest BCUT2D eigenvalue weighted by atomic mass is 9.96. The van der Waals surface area contributed by atoms with Gasteiger partial charge in [-0.25, -0.2) is 0 Å². The molecule has 0 amide bonds. The zero-order chi connectivity index (χ0) is 17.2. The van der Waals surface area contributed by atoms with Crippen LogP contribution in [0.15, 0.2) is 48.5 Å². The Morgan fingerprint density at radius 1 is 0.962 bits per heavy atom. The van der Waals surface area contributed by atoms with Crippen LogP contribution >= 0.6 is 12.4 Å². The van der Waals surface area contributed by atoms with Crippen molar-refractivity contribution >= 4 is 23.3 Å². The Bertz CT molecular complexity index is 948. The molecule has 0 unspecified atom stereocenters. The van der Waals surface area contributed by atoms with E-state index in [1.165, 1.54) is 33.3 Å². The number of halogens is 1. The maximum absolute atomic E-state index is 5.71. The van der Waals surface area contributed by atoms with Crippen LogP contribution in [0.4, 0.5) is 0 Å². The SMILES string of the molecule is C#CCn1c2c(c3ccccc31)CCN(C)CCc1ccccc1C2.Cl. The molecular formula is C23H25ClN2. The number of hydrogen-bond acceptors (Lipinski definition) is 1. The molecule has 0 saturated carbocycles. The maximum Gasteiger partial charge on any atom is 0.0837 e. The highest BCUT2D eigenvalue weighted by atomic mass is 35.5. The van der Waals surface area contributed by atoms with E-state index in [2.05, 4.69) is 71.0 Å². The molecule has 1 aliphatic heterocycles. The van der Waals surface area contributed by atoms with Crippen LogP contribution in [0.2, 0.25) is 0 Å². The zero-order valence-corrected chi connectivity index (χ0v) is 16.1. The third-order valence-corrected chi connectivity index (χ3v) is 5.43. The minimum Gasteiger partial charge on any atom is -0.332 e. The molecule has 1 aromatic heterocycles. The molecule has 0 N–H and O–H groups in total. The molecule has 134 valence electrons. The van der Waals surface area contributed by atoms with Gasteiger partial charge in [-0.2, -0.15) is 0 Å². The molecule has 26 heavy (non-hydrogen) atoms. The van der Waals surface area contributed by atoms with Gasteiger partial charge in [0.05, 0.1) is 6.54 Å². The molecule has 0 spiro atoms. The van der Waals surface area contributed by atoms with Gasteiger partial charge in [0.1, 0.15) is 0 Å². The first-order valence-corrected chi connectivity index (χ1v) is 9.05. The van der Waals surface area contributed by atoms with Crippen LogP contribution in [0.1, 0.15) is 22.4 Å². The Hall–Kier alpha value is -2.21. The molecule has 4 rings (SSSR count). The van der Waals surface area contributed by atoms with Gasteiger partial charge in [0.2, 0.25) is 0 Å². The summed E-state index contributed by atoms with van der Waals surface area (Å²) < 4.78 is 2.35. The Balaban J connectivity index is 0.00000196. The molecule has 0 fully saturated rings. The number of fused-ring (bicyclic) bond motifs is 4. The predicted molar refractivity (Wildman–Crippen MR) is 112 cm³/mol. The Morgan fingerprint density at radius 3 is 2.46 bits per heavy atom. The monoisotopic (exact) mass is 364 g/mol. The van der Waals surface area contributed by atoms with E-state index in [0.717, 1.165) is 32.4 Å². The van der Waals surface area contributed by atoms with Gasteiger partial charge in [-0.3, -0.25) is 0 Å². The van der Waals surface area contributed by atoms with Crippen molar-refractivity contribution in [3.8, 4) is 12.3 Å². The second-order valence-corrected chi connectivity index (χ2v) is 6.98. The average Bonchev–Trinajstić information content (AvgIpc) is 2.93. The molecule has 3 aromatic rings. The predicted octanol–water partition coefficient (Wildman–Crippen LogP) is 4.32. The third-order valence-electron chi connectivity index (χ3n) is 5.43. The first kappa shape index (κ1) is 18.6. The number of hydrogen-bond donors (Lipinski definition) is 0. The third kappa shape index (κ3) is 3.38. The van der Waals surface area contributed by atoms with E-state index in [4.69, 9.17) is 6.42 Å². The molecular weight excluding hydrogens is 340 g/mol. The summed E-state index contributed by atoms with van der Waals surface area (Å²) in [6.45, 7) is 2.82. The van der Waals surface area contributed by atoms with Gasteiger partial charge in [0.25, 0.3) is 0 Å². The summed E-state index contributed by atoms with van der Waals surface area (Å²) in [7, 11) is 2.23. The minimum atomic E-state index is 0. The summed E-state index contributed by atoms with van der Waals surface area (Å²) in [6, 6.07) is 17.6. The van der Waals surface area contributed by atoms with Gasteiger partial charge in [-0.15, -0.1) is 18.8 Å². The smallest absolute Gasteiger partial charge is 0.0837 e. The summed E-state index contributed by atoms with van der Waals surface area (Å²) in [5.41, 5.74) is 7.01. The molecule has 0 bridgehead atoms. The fourth-order valence-corrected chi connectivity index (χ4v) is 4.06. The van der Waals surface area contributed by atoms with Crippen LogP contribution in [0.25, 0.3) is 10.9 Å². The van der Waals surface area contributed by atoms with Crippen molar-refractivity contribution in [2.24, 2.45) is 0 Å². The van der Waals surface area contributed by atoms with Crippen LogP contribution in [-0.2, 0) is 25.8 Å². The molecule has 2 aromatic carbocycles. The summed E-state index contributed by atoms with van der Waals surface area (Å²) in [5, 5.41) is 1.36. The quantitative estimate of drug-likeness (QED) is 0.584. The summed E-state index contributed by atoms with van der Waals surface area (Å²) in [4.78, 5) is 2.44. The highest BCUT2D eigenvalue weighted by Gasteiger charge is 2.19. The van der Waals surface area contributed by atoms with Crippen LogP contribution in [-0.4, -0.2) is 29.6 Å². The first-order chi connectivity index (χ1) is 12.3. The minimum absolute atomic E-state index is 0. The Labute approximate surface area is 162 Å². The molecule has 0 saturated heterocycles. The largest absolute Gasteiger partial charge is 0.332 e. The van der Waals surface area contributed by atoms with E-state index >= 15 is 0 Å². The number of aromatic nitrogens is 1. The number of likely N-dealkylation sites (N-methyl/N-ethyl adjacent to an activating group) is 1. The van der Waals surface area contributed by atoms with Crippen LogP contribution < -0.4 is 0 Å². The molecule has 0 atom stereocenters. The van der Waals surface area contributed by atoms with Gasteiger partial charge in [0.15, 0.2) is 0 Å². The van der Waals surface area contributed by atoms with Crippen molar-refractivity contribution in [2.75, 3.05) is 20.1 Å². The van der Waals surface area contributed by atoms with Crippen LogP contribution in [0.3, 0.4) is 0 Å². The van der Waals surface area contributed by atoms with Crippen molar-refractivity contribution in [1.29, 1.82) is 0 Å². The van der Waals surface area contributed by atoms with Gasteiger partial charge < -0.3 is 9.47 Å². The van der Waals surface area contributed by atoms with E-state index in [9.17, 15) is 0 Å². The molecule has 2 heterocycles. The van der Waals surface area contributed by atoms with Crippen molar-refractivity contribution in [2.45, 2.75) is 25.8 Å². The molecule has 1 aliphatic rings. The second-order valence-electron chi connectivity index (χ2n) is 6.98. The van der Waals surface area contributed by atoms with Crippen LogP contribution in [0.5, 0.6) is 0 Å². The van der Waals surface area contributed by atoms with Crippen molar-refractivity contribution in [3.63, 3.8) is 0 Å². The van der Waals surface area contributed by atoms with Gasteiger partial charge in [-0.05, 0) is 42.6 Å². The Kier molecular flexibility index (Phi) is 5.71. The summed E-state index contributed by atoms with van der Waals surface area (Å²) >= 11 is 0. The maximum atomic E-state index is 5.71. The van der Waals surface area contributed by atoms with Gasteiger partial charge in [-0.1, -0.05) is 48.4 Å². The zero-order valence-electron chi connectivity index (χ0n) is 15.2. The lowest BCUT2D eigenvalue weighted by molar-refractivity contribution is 0.341. The summed E-state index contributed by atoms with van der Waals surface area (Å²) in [5.74, 6) is 2.86. The highest BCUT2D eigenvalue weighted by molar-refractivity contribution is 5.86. The highest BCUT2D eigenvalue weighted by Crippen LogP contribution is 2.30. The normalized spacial score (nSPS) is 14.8. The van der Waals surface area contributed by atoms with Crippen molar-refractivity contribution in [3.05, 3.63) is 70.9 Å². The van der Waals surface area contributed by atoms with E-state index in [-0.39, 0.29) is 12.4 Å². The Morgan fingerprint density at radius 2 is 1.65 bits per heavy atom. The lowest BCUT2D eigenvalue weighted by Gasteiger charge is -2.21. The second kappa shape index (κ2) is 7.99. The van der Waals surface area contributed by atoms with Crippen molar-refractivity contribution < 1.29 is 0 Å². The number of nitrogens with zero attached hydrogens (tertiary/aromatic N) is 2. The number of rotatable bonds is 1. The number of terminal acetylenes is 1. The van der Waals surface area contributed by atoms with Gasteiger partial charge in [0, 0.05) is 36.1 Å². The fraction of sp³-hybridized carbons (Fsp3) is 0.304. The van der Waals surface area contributed by atoms with E-state index in [0.29, 0.717) is 6.54 Å². The molecule has 0 radical (unpaired) electrons. The van der Waals surface area contributed by atoms with E-state index in [1.54, 1.807) is 0 Å².